The number of halogens is 2. The van der Waals surface area contributed by atoms with E-state index in [9.17, 15) is 0 Å². The van der Waals surface area contributed by atoms with E-state index < -0.39 is 0 Å². The van der Waals surface area contributed by atoms with Gasteiger partial charge in [-0.3, -0.25) is 0 Å². The number of benzene rings is 1. The molecule has 0 aliphatic carbocycles. The Balaban J connectivity index is 2.62. The van der Waals surface area contributed by atoms with Gasteiger partial charge >= 0.3 is 0 Å². The van der Waals surface area contributed by atoms with Crippen LogP contribution in [-0.2, 0) is 4.84 Å². The lowest BCUT2D eigenvalue weighted by molar-refractivity contribution is 0.0997. The molecule has 0 fully saturated rings. The van der Waals surface area contributed by atoms with Crippen LogP contribution in [0.5, 0.6) is 0 Å². The van der Waals surface area contributed by atoms with E-state index in [1.54, 1.807) is 18.2 Å². The van der Waals surface area contributed by atoms with Crippen molar-refractivity contribution < 1.29 is 9.94 Å². The van der Waals surface area contributed by atoms with Gasteiger partial charge in [-0.25, -0.2) is 0 Å². The molecule has 3 nitrogen and oxygen atoms in total. The zero-order chi connectivity index (χ0) is 10.4. The Morgan fingerprint density at radius 3 is 2.86 bits per heavy atom. The molecule has 1 aromatic carbocycles. The molecule has 14 heavy (non-hydrogen) atoms. The highest BCUT2D eigenvalue weighted by Crippen LogP contribution is 2.19. The Hall–Kier alpha value is -0.770. The minimum absolute atomic E-state index is 0.0638. The largest absolute Gasteiger partial charge is 0.393 e. The second kappa shape index (κ2) is 5.86. The second-order valence-electron chi connectivity index (χ2n) is 2.46. The van der Waals surface area contributed by atoms with E-state index in [4.69, 9.17) is 33.1 Å². The Morgan fingerprint density at radius 1 is 1.43 bits per heavy atom. The van der Waals surface area contributed by atoms with Gasteiger partial charge in [0.1, 0.15) is 6.61 Å². The normalized spacial score (nSPS) is 10.8. The van der Waals surface area contributed by atoms with Crippen molar-refractivity contribution >= 4 is 29.4 Å². The van der Waals surface area contributed by atoms with Gasteiger partial charge in [-0.05, 0) is 12.1 Å². The van der Waals surface area contributed by atoms with Crippen molar-refractivity contribution in [1.29, 1.82) is 0 Å². The van der Waals surface area contributed by atoms with E-state index in [1.807, 2.05) is 0 Å². The smallest absolute Gasteiger partial charge is 0.140 e. The fourth-order valence-electron chi connectivity index (χ4n) is 0.794. The van der Waals surface area contributed by atoms with Crippen molar-refractivity contribution in [3.63, 3.8) is 0 Å². The second-order valence-corrected chi connectivity index (χ2v) is 3.30. The first kappa shape index (κ1) is 11.3. The molecule has 0 radical (unpaired) electrons. The maximum absolute atomic E-state index is 8.41. The third-order valence-electron chi connectivity index (χ3n) is 1.41. The van der Waals surface area contributed by atoms with Crippen molar-refractivity contribution in [1.82, 2.24) is 0 Å². The van der Waals surface area contributed by atoms with E-state index >= 15 is 0 Å². The molecule has 1 N–H and O–H groups in total. The van der Waals surface area contributed by atoms with Crippen LogP contribution in [-0.4, -0.2) is 24.5 Å². The van der Waals surface area contributed by atoms with Gasteiger partial charge in [0.2, 0.25) is 0 Å². The Bertz CT molecular complexity index is 329. The first-order valence-corrected chi connectivity index (χ1v) is 4.71. The summed E-state index contributed by atoms with van der Waals surface area (Å²) in [4.78, 5) is 4.70. The summed E-state index contributed by atoms with van der Waals surface area (Å²) in [6, 6.07) is 5.06. The highest BCUT2D eigenvalue weighted by atomic mass is 35.5. The maximum Gasteiger partial charge on any atom is 0.140 e. The van der Waals surface area contributed by atoms with E-state index in [2.05, 4.69) is 5.16 Å². The van der Waals surface area contributed by atoms with E-state index in [0.29, 0.717) is 15.6 Å². The lowest BCUT2D eigenvalue weighted by Gasteiger charge is -1.98. The summed E-state index contributed by atoms with van der Waals surface area (Å²) in [5.41, 5.74) is 0.717. The van der Waals surface area contributed by atoms with E-state index in [0.717, 1.165) is 0 Å². The van der Waals surface area contributed by atoms with Crippen LogP contribution < -0.4 is 0 Å². The molecule has 0 aromatic heterocycles. The summed E-state index contributed by atoms with van der Waals surface area (Å²) in [5.74, 6) is 0. The quantitative estimate of drug-likeness (QED) is 0.493. The minimum atomic E-state index is -0.0638. The molecule has 0 aliphatic heterocycles. The SMILES string of the molecule is OCCO/N=C/c1ccc(Cl)cc1Cl. The number of rotatable bonds is 4. The van der Waals surface area contributed by atoms with Crippen LogP contribution in [0.4, 0.5) is 0 Å². The number of aliphatic hydroxyl groups excluding tert-OH is 1. The number of nitrogens with zero attached hydrogens (tertiary/aromatic N) is 1. The van der Waals surface area contributed by atoms with Gasteiger partial charge in [0, 0.05) is 10.6 Å². The van der Waals surface area contributed by atoms with Crippen LogP contribution in [0.25, 0.3) is 0 Å². The average molecular weight is 234 g/mol. The predicted molar refractivity (Wildman–Crippen MR) is 57.1 cm³/mol. The molecule has 0 unspecified atom stereocenters. The molecule has 1 rings (SSSR count). The first-order valence-electron chi connectivity index (χ1n) is 3.95. The molecule has 0 atom stereocenters. The first-order chi connectivity index (χ1) is 6.74. The lowest BCUT2D eigenvalue weighted by Crippen LogP contribution is -1.93. The molecule has 5 heteroatoms. The van der Waals surface area contributed by atoms with Crippen molar-refractivity contribution in [2.45, 2.75) is 0 Å². The molecule has 0 spiro atoms. The third kappa shape index (κ3) is 3.54. The molecule has 1 aromatic rings. The van der Waals surface area contributed by atoms with Crippen LogP contribution in [0.15, 0.2) is 23.4 Å². The third-order valence-corrected chi connectivity index (χ3v) is 1.97. The van der Waals surface area contributed by atoms with Gasteiger partial charge in [-0.2, -0.15) is 0 Å². The predicted octanol–water partition coefficient (Wildman–Crippen LogP) is 2.34. The molecule has 0 heterocycles. The number of aliphatic hydroxyl groups is 1. The molecule has 0 aliphatic rings. The van der Waals surface area contributed by atoms with Crippen LogP contribution in [0.2, 0.25) is 10.0 Å². The summed E-state index contributed by atoms with van der Waals surface area (Å²) in [6.45, 7) is 0.105. The maximum atomic E-state index is 8.41. The van der Waals surface area contributed by atoms with Gasteiger partial charge in [0.15, 0.2) is 0 Å². The summed E-state index contributed by atoms with van der Waals surface area (Å²) < 4.78 is 0. The van der Waals surface area contributed by atoms with Crippen LogP contribution >= 0.6 is 23.2 Å². The zero-order valence-corrected chi connectivity index (χ0v) is 8.79. The van der Waals surface area contributed by atoms with Gasteiger partial charge in [0.25, 0.3) is 0 Å². The molecular formula is C9H9Cl2NO2. The summed E-state index contributed by atoms with van der Waals surface area (Å²) in [7, 11) is 0. The van der Waals surface area contributed by atoms with Crippen LogP contribution in [0.1, 0.15) is 5.56 Å². The van der Waals surface area contributed by atoms with E-state index in [1.165, 1.54) is 6.21 Å². The standard InChI is InChI=1S/C9H9Cl2NO2/c10-8-2-1-7(9(11)5-8)6-12-14-4-3-13/h1-2,5-6,13H,3-4H2/b12-6+. The Labute approximate surface area is 91.9 Å². The van der Waals surface area contributed by atoms with Crippen molar-refractivity contribution in [2.24, 2.45) is 5.16 Å². The molecule has 0 amide bonds. The van der Waals surface area contributed by atoms with Crippen molar-refractivity contribution in [3.05, 3.63) is 33.8 Å². The molecular weight excluding hydrogens is 225 g/mol. The molecule has 0 saturated carbocycles. The average Bonchev–Trinajstić information content (AvgIpc) is 2.15. The number of hydrogen-bond acceptors (Lipinski definition) is 3. The summed E-state index contributed by atoms with van der Waals surface area (Å²) >= 11 is 11.6. The molecule has 0 saturated heterocycles. The van der Waals surface area contributed by atoms with Crippen molar-refractivity contribution in [2.75, 3.05) is 13.2 Å². The fraction of sp³-hybridized carbons (Fsp3) is 0.222. The highest BCUT2D eigenvalue weighted by molar-refractivity contribution is 6.36. The minimum Gasteiger partial charge on any atom is -0.393 e. The molecule has 0 bridgehead atoms. The Morgan fingerprint density at radius 2 is 2.21 bits per heavy atom. The topological polar surface area (TPSA) is 41.8 Å². The number of hydrogen-bond donors (Lipinski definition) is 1. The van der Waals surface area contributed by atoms with Crippen LogP contribution in [0, 0.1) is 0 Å². The Kier molecular flexibility index (Phi) is 4.73. The highest BCUT2D eigenvalue weighted by Gasteiger charge is 1.97. The molecule has 76 valence electrons. The van der Waals surface area contributed by atoms with Gasteiger partial charge in [0.05, 0.1) is 17.8 Å². The zero-order valence-electron chi connectivity index (χ0n) is 7.28. The summed E-state index contributed by atoms with van der Waals surface area (Å²) in [5, 5.41) is 13.1. The lowest BCUT2D eigenvalue weighted by atomic mass is 10.2. The monoisotopic (exact) mass is 233 g/mol. The van der Waals surface area contributed by atoms with Gasteiger partial charge in [-0.1, -0.05) is 34.4 Å². The number of oxime groups is 1. The van der Waals surface area contributed by atoms with Gasteiger partial charge < -0.3 is 9.94 Å². The van der Waals surface area contributed by atoms with E-state index in [-0.39, 0.29) is 13.2 Å². The van der Waals surface area contributed by atoms with Crippen molar-refractivity contribution in [3.8, 4) is 0 Å². The van der Waals surface area contributed by atoms with Crippen LogP contribution in [0.3, 0.4) is 0 Å². The summed E-state index contributed by atoms with van der Waals surface area (Å²) in [6.07, 6.45) is 1.47. The van der Waals surface area contributed by atoms with Gasteiger partial charge in [-0.15, -0.1) is 0 Å². The fourth-order valence-corrected chi connectivity index (χ4v) is 1.25.